The molecule has 20 heavy (non-hydrogen) atoms. The van der Waals surface area contributed by atoms with Crippen molar-refractivity contribution in [3.8, 4) is 0 Å². The fraction of sp³-hybridized carbons (Fsp3) is 0.867. The molecular formula is C15H28N2O3. The van der Waals surface area contributed by atoms with Crippen LogP contribution in [0.4, 0.5) is 0 Å². The predicted molar refractivity (Wildman–Crippen MR) is 78.5 cm³/mol. The van der Waals surface area contributed by atoms with Crippen molar-refractivity contribution in [2.24, 2.45) is 5.92 Å². The second-order valence-corrected chi connectivity index (χ2v) is 6.40. The summed E-state index contributed by atoms with van der Waals surface area (Å²) in [5.41, 5.74) is -1.02. The summed E-state index contributed by atoms with van der Waals surface area (Å²) in [5.74, 6) is -0.222. The lowest BCUT2D eigenvalue weighted by atomic mass is 9.87. The lowest BCUT2D eigenvalue weighted by Gasteiger charge is -2.34. The normalized spacial score (nSPS) is 23.6. The first-order chi connectivity index (χ1) is 9.27. The van der Waals surface area contributed by atoms with E-state index in [-0.39, 0.29) is 18.5 Å². The highest BCUT2D eigenvalue weighted by atomic mass is 16.4. The van der Waals surface area contributed by atoms with Gasteiger partial charge in [0.2, 0.25) is 5.91 Å². The summed E-state index contributed by atoms with van der Waals surface area (Å²) in [4.78, 5) is 25.0. The number of hydrogen-bond donors (Lipinski definition) is 2. The predicted octanol–water partition coefficient (Wildman–Crippen LogP) is 1.87. The Balaban J connectivity index is 2.49. The number of carboxylic acids is 1. The maximum Gasteiger partial charge on any atom is 0.323 e. The van der Waals surface area contributed by atoms with Crippen molar-refractivity contribution in [3.05, 3.63) is 0 Å². The van der Waals surface area contributed by atoms with Gasteiger partial charge in [0.15, 0.2) is 0 Å². The molecule has 0 atom stereocenters. The van der Waals surface area contributed by atoms with Gasteiger partial charge in [0.05, 0.1) is 6.54 Å². The second kappa shape index (κ2) is 7.07. The third-order valence-corrected chi connectivity index (χ3v) is 4.41. The Morgan fingerprint density at radius 3 is 2.25 bits per heavy atom. The molecule has 0 radical (unpaired) electrons. The summed E-state index contributed by atoms with van der Waals surface area (Å²) < 4.78 is 0. The van der Waals surface area contributed by atoms with Crippen LogP contribution in [0.15, 0.2) is 0 Å². The molecule has 5 nitrogen and oxygen atoms in total. The molecular weight excluding hydrogens is 256 g/mol. The molecule has 0 bridgehead atoms. The van der Waals surface area contributed by atoms with Crippen LogP contribution in [0.5, 0.6) is 0 Å². The van der Waals surface area contributed by atoms with Crippen molar-refractivity contribution < 1.29 is 14.7 Å². The first-order valence-corrected chi connectivity index (χ1v) is 7.55. The minimum absolute atomic E-state index is 0.0688. The van der Waals surface area contributed by atoms with E-state index in [0.717, 1.165) is 31.6 Å². The quantitative estimate of drug-likeness (QED) is 0.781. The van der Waals surface area contributed by atoms with E-state index < -0.39 is 11.5 Å². The van der Waals surface area contributed by atoms with Crippen LogP contribution < -0.4 is 5.32 Å². The molecule has 0 aliphatic heterocycles. The van der Waals surface area contributed by atoms with Crippen LogP contribution in [0.25, 0.3) is 0 Å². The molecule has 1 fully saturated rings. The molecule has 0 spiro atoms. The minimum atomic E-state index is -1.02. The van der Waals surface area contributed by atoms with Crippen molar-refractivity contribution in [2.45, 2.75) is 65.0 Å². The lowest BCUT2D eigenvalue weighted by Crippen LogP contribution is -2.54. The fourth-order valence-corrected chi connectivity index (χ4v) is 2.69. The highest BCUT2D eigenvalue weighted by molar-refractivity contribution is 5.81. The van der Waals surface area contributed by atoms with Gasteiger partial charge in [-0.05, 0) is 52.0 Å². The van der Waals surface area contributed by atoms with Crippen molar-refractivity contribution in [2.75, 3.05) is 13.1 Å². The summed E-state index contributed by atoms with van der Waals surface area (Å²) in [6, 6.07) is 0.255. The standard InChI is InChI=1S/C15H28N2O3/c1-5-17(15(3,4)14(19)20)10-13(18)16-12-8-6-11(2)7-9-12/h11-12H,5-10H2,1-4H3,(H,16,18)(H,19,20). The van der Waals surface area contributed by atoms with Crippen LogP contribution in [0.3, 0.4) is 0 Å². The van der Waals surface area contributed by atoms with Gasteiger partial charge in [-0.2, -0.15) is 0 Å². The molecule has 0 aromatic rings. The van der Waals surface area contributed by atoms with E-state index in [0.29, 0.717) is 6.54 Å². The highest BCUT2D eigenvalue weighted by Gasteiger charge is 2.35. The molecule has 0 saturated heterocycles. The number of carbonyl (C=O) groups excluding carboxylic acids is 1. The van der Waals surface area contributed by atoms with Gasteiger partial charge < -0.3 is 10.4 Å². The van der Waals surface area contributed by atoms with Crippen LogP contribution in [0.1, 0.15) is 53.4 Å². The van der Waals surface area contributed by atoms with Gasteiger partial charge in [-0.15, -0.1) is 0 Å². The van der Waals surface area contributed by atoms with E-state index in [1.54, 1.807) is 18.7 Å². The summed E-state index contributed by atoms with van der Waals surface area (Å²) in [6.07, 6.45) is 4.37. The number of carbonyl (C=O) groups is 2. The smallest absolute Gasteiger partial charge is 0.323 e. The first-order valence-electron chi connectivity index (χ1n) is 7.55. The zero-order valence-corrected chi connectivity index (χ0v) is 13.1. The molecule has 0 unspecified atom stereocenters. The molecule has 0 heterocycles. The van der Waals surface area contributed by atoms with Crippen molar-refractivity contribution in [1.29, 1.82) is 0 Å². The number of carboxylic acid groups (broad SMARTS) is 1. The maximum atomic E-state index is 12.1. The Morgan fingerprint density at radius 2 is 1.80 bits per heavy atom. The third kappa shape index (κ3) is 4.47. The second-order valence-electron chi connectivity index (χ2n) is 6.40. The average molecular weight is 284 g/mol. The van der Waals surface area contributed by atoms with E-state index in [1.165, 1.54) is 0 Å². The van der Waals surface area contributed by atoms with Gasteiger partial charge in [-0.25, -0.2) is 0 Å². The summed E-state index contributed by atoms with van der Waals surface area (Å²) in [7, 11) is 0. The van der Waals surface area contributed by atoms with Gasteiger partial charge >= 0.3 is 5.97 Å². The van der Waals surface area contributed by atoms with Crippen LogP contribution >= 0.6 is 0 Å². The monoisotopic (exact) mass is 284 g/mol. The third-order valence-electron chi connectivity index (χ3n) is 4.41. The number of rotatable bonds is 6. The first kappa shape index (κ1) is 17.0. The van der Waals surface area contributed by atoms with Crippen LogP contribution in [0.2, 0.25) is 0 Å². The zero-order chi connectivity index (χ0) is 15.3. The summed E-state index contributed by atoms with van der Waals surface area (Å²) >= 11 is 0. The van der Waals surface area contributed by atoms with Crippen molar-refractivity contribution in [1.82, 2.24) is 10.2 Å². The van der Waals surface area contributed by atoms with Crippen LogP contribution in [0, 0.1) is 5.92 Å². The summed E-state index contributed by atoms with van der Waals surface area (Å²) in [6.45, 7) is 8.06. The van der Waals surface area contributed by atoms with Crippen molar-refractivity contribution >= 4 is 11.9 Å². The molecule has 5 heteroatoms. The lowest BCUT2D eigenvalue weighted by molar-refractivity contribution is -0.150. The molecule has 116 valence electrons. The van der Waals surface area contributed by atoms with Gasteiger partial charge in [0, 0.05) is 6.04 Å². The zero-order valence-electron chi connectivity index (χ0n) is 13.1. The molecule has 1 saturated carbocycles. The molecule has 1 amide bonds. The minimum Gasteiger partial charge on any atom is -0.480 e. The van der Waals surface area contributed by atoms with Crippen LogP contribution in [-0.4, -0.2) is 46.6 Å². The number of nitrogens with zero attached hydrogens (tertiary/aromatic N) is 1. The van der Waals surface area contributed by atoms with Gasteiger partial charge in [0.1, 0.15) is 5.54 Å². The maximum absolute atomic E-state index is 12.1. The Hall–Kier alpha value is -1.10. The van der Waals surface area contributed by atoms with Gasteiger partial charge in [-0.3, -0.25) is 14.5 Å². The van der Waals surface area contributed by atoms with E-state index >= 15 is 0 Å². The topological polar surface area (TPSA) is 69.6 Å². The Bertz CT molecular complexity index is 347. The van der Waals surface area contributed by atoms with E-state index in [4.69, 9.17) is 0 Å². The van der Waals surface area contributed by atoms with E-state index in [2.05, 4.69) is 12.2 Å². The highest BCUT2D eigenvalue weighted by Crippen LogP contribution is 2.23. The molecule has 1 aliphatic rings. The molecule has 1 rings (SSSR count). The molecule has 0 aromatic heterocycles. The number of likely N-dealkylation sites (N-methyl/N-ethyl adjacent to an activating group) is 1. The Morgan fingerprint density at radius 1 is 1.25 bits per heavy atom. The van der Waals surface area contributed by atoms with E-state index in [9.17, 15) is 14.7 Å². The van der Waals surface area contributed by atoms with Gasteiger partial charge in [0.25, 0.3) is 0 Å². The SMILES string of the molecule is CCN(CC(=O)NC1CCC(C)CC1)C(C)(C)C(=O)O. The fourth-order valence-electron chi connectivity index (χ4n) is 2.69. The molecule has 0 aromatic carbocycles. The Labute approximate surface area is 121 Å². The Kier molecular flexibility index (Phi) is 5.99. The van der Waals surface area contributed by atoms with Crippen molar-refractivity contribution in [3.63, 3.8) is 0 Å². The number of nitrogens with one attached hydrogen (secondary N) is 1. The van der Waals surface area contributed by atoms with E-state index in [1.807, 2.05) is 6.92 Å². The number of amides is 1. The molecule has 2 N–H and O–H groups in total. The number of aliphatic carboxylic acids is 1. The van der Waals surface area contributed by atoms with Gasteiger partial charge in [-0.1, -0.05) is 13.8 Å². The molecule has 1 aliphatic carbocycles. The average Bonchev–Trinajstić information content (AvgIpc) is 2.38. The largest absolute Gasteiger partial charge is 0.480 e. The summed E-state index contributed by atoms with van der Waals surface area (Å²) in [5, 5.41) is 12.3. The van der Waals surface area contributed by atoms with Crippen LogP contribution in [-0.2, 0) is 9.59 Å². The number of hydrogen-bond acceptors (Lipinski definition) is 3.